The van der Waals surface area contributed by atoms with Crippen molar-refractivity contribution in [3.63, 3.8) is 0 Å². The maximum atomic E-state index is 12.0. The maximum Gasteiger partial charge on any atom is 0.191 e. The molecule has 8 atom stereocenters. The molecule has 4 fully saturated rings. The second-order valence-corrected chi connectivity index (χ2v) is 10.7. The Hall–Kier alpha value is -2.04. The minimum absolute atomic E-state index is 0.272. The van der Waals surface area contributed by atoms with E-state index in [1.807, 2.05) is 0 Å². The van der Waals surface area contributed by atoms with Gasteiger partial charge in [-0.25, -0.2) is 9.36 Å². The van der Waals surface area contributed by atoms with Gasteiger partial charge in [-0.3, -0.25) is 0 Å². The third-order valence-electron chi connectivity index (χ3n) is 7.69. The summed E-state index contributed by atoms with van der Waals surface area (Å²) in [6.45, 7) is 7.61. The molecule has 0 aliphatic carbocycles. The third kappa shape index (κ3) is 2.16. The minimum Gasteiger partial charge on any atom is -0.378 e. The molecular formula is C20H24N6O8. The van der Waals surface area contributed by atoms with E-state index in [1.54, 1.807) is 37.1 Å². The van der Waals surface area contributed by atoms with Crippen LogP contribution in [0.15, 0.2) is 0 Å². The van der Waals surface area contributed by atoms with Gasteiger partial charge in [-0.05, 0) is 27.7 Å². The second-order valence-electron chi connectivity index (χ2n) is 10.7. The van der Waals surface area contributed by atoms with Gasteiger partial charge in [0.05, 0.1) is 13.1 Å². The Morgan fingerprint density at radius 2 is 1.12 bits per heavy atom. The third-order valence-corrected chi connectivity index (χ3v) is 7.69. The van der Waals surface area contributed by atoms with E-state index in [4.69, 9.17) is 28.4 Å². The number of hydrogen-bond donors (Lipinski definition) is 2. The zero-order valence-corrected chi connectivity index (χ0v) is 18.9. The van der Waals surface area contributed by atoms with Crippen molar-refractivity contribution in [2.75, 3.05) is 0 Å². The first kappa shape index (κ1) is 20.2. The van der Waals surface area contributed by atoms with E-state index >= 15 is 0 Å². The van der Waals surface area contributed by atoms with Crippen LogP contribution in [0.3, 0.4) is 0 Å². The van der Waals surface area contributed by atoms with Crippen molar-refractivity contribution in [2.24, 2.45) is 0 Å². The summed E-state index contributed by atoms with van der Waals surface area (Å²) in [5.41, 5.74) is -1.78. The van der Waals surface area contributed by atoms with Gasteiger partial charge in [0.2, 0.25) is 0 Å². The molecule has 2 aromatic heterocycles. The van der Waals surface area contributed by atoms with E-state index in [0.717, 1.165) is 0 Å². The normalized spacial score (nSPS) is 46.3. The topological polar surface area (TPSA) is 157 Å². The number of rotatable bonds is 1. The van der Waals surface area contributed by atoms with Crippen LogP contribution < -0.4 is 0 Å². The van der Waals surface area contributed by atoms with Crippen LogP contribution >= 0.6 is 0 Å². The second kappa shape index (κ2) is 5.68. The van der Waals surface area contributed by atoms with Crippen molar-refractivity contribution >= 4 is 0 Å². The lowest BCUT2D eigenvalue weighted by Crippen LogP contribution is -2.45. The standard InChI is InChI=1S/C20H24N6O8/c1-17(2)31-13-15(33-17)29-7-5-25-11(19(7,13)27)9(21-23-25)10-12-20(28)8(6-26(12)24-22-10)30-16-14(20)32-18(3,4)34-16/h7-8,13-16,27-28H,5-6H2,1-4H3. The summed E-state index contributed by atoms with van der Waals surface area (Å²) in [5.74, 6) is -1.83. The molecule has 0 amide bonds. The fraction of sp³-hybridized carbons (Fsp3) is 0.800. The van der Waals surface area contributed by atoms with Crippen LogP contribution in [-0.2, 0) is 52.7 Å². The fourth-order valence-electron chi connectivity index (χ4n) is 6.40. The van der Waals surface area contributed by atoms with Crippen LogP contribution in [-0.4, -0.2) is 88.8 Å². The summed E-state index contributed by atoms with van der Waals surface area (Å²) >= 11 is 0. The first-order chi connectivity index (χ1) is 16.0. The number of aromatic nitrogens is 6. The monoisotopic (exact) mass is 476 g/mol. The molecule has 0 bridgehead atoms. The zero-order chi connectivity index (χ0) is 23.4. The van der Waals surface area contributed by atoms with Gasteiger partial charge < -0.3 is 38.6 Å². The van der Waals surface area contributed by atoms with Gasteiger partial charge in [-0.15, -0.1) is 10.2 Å². The van der Waals surface area contributed by atoms with Gasteiger partial charge in [-0.2, -0.15) is 0 Å². The Kier molecular flexibility index (Phi) is 3.37. The Balaban J connectivity index is 1.26. The molecular weight excluding hydrogens is 452 g/mol. The number of hydrogen-bond acceptors (Lipinski definition) is 12. The Morgan fingerprint density at radius 1 is 0.706 bits per heavy atom. The molecule has 0 saturated carbocycles. The van der Waals surface area contributed by atoms with Crippen LogP contribution in [0.5, 0.6) is 0 Å². The van der Waals surface area contributed by atoms with Crippen LogP contribution in [0.1, 0.15) is 39.1 Å². The number of fused-ring (bicyclic) bond motifs is 10. The van der Waals surface area contributed by atoms with Gasteiger partial charge in [0.15, 0.2) is 35.4 Å². The molecule has 6 aliphatic rings. The van der Waals surface area contributed by atoms with Crippen molar-refractivity contribution in [1.82, 2.24) is 30.0 Å². The molecule has 14 heteroatoms. The molecule has 0 spiro atoms. The Bertz CT molecular complexity index is 1150. The van der Waals surface area contributed by atoms with Crippen molar-refractivity contribution < 1.29 is 38.6 Å². The van der Waals surface area contributed by atoms with Crippen LogP contribution in [0.25, 0.3) is 11.4 Å². The van der Waals surface area contributed by atoms with E-state index < -0.39 is 59.8 Å². The predicted octanol–water partition coefficient (Wildman–Crippen LogP) is -1.31. The van der Waals surface area contributed by atoms with Crippen molar-refractivity contribution in [3.05, 3.63) is 11.4 Å². The summed E-state index contributed by atoms with van der Waals surface area (Å²) in [4.78, 5) is 0. The smallest absolute Gasteiger partial charge is 0.191 e. The first-order valence-electron chi connectivity index (χ1n) is 11.4. The highest BCUT2D eigenvalue weighted by molar-refractivity contribution is 5.64. The van der Waals surface area contributed by atoms with Gasteiger partial charge >= 0.3 is 0 Å². The molecule has 182 valence electrons. The molecule has 8 rings (SSSR count). The van der Waals surface area contributed by atoms with Crippen LogP contribution in [0.4, 0.5) is 0 Å². The lowest BCUT2D eigenvalue weighted by atomic mass is 9.86. The Labute approximate surface area is 192 Å². The average molecular weight is 476 g/mol. The quantitative estimate of drug-likeness (QED) is 0.502. The molecule has 14 nitrogen and oxygen atoms in total. The van der Waals surface area contributed by atoms with Crippen LogP contribution in [0.2, 0.25) is 0 Å². The number of ether oxygens (including phenoxy) is 6. The van der Waals surface area contributed by atoms with Gasteiger partial charge in [0, 0.05) is 0 Å². The largest absolute Gasteiger partial charge is 0.378 e. The van der Waals surface area contributed by atoms with E-state index in [0.29, 0.717) is 22.8 Å². The molecule has 0 aromatic carbocycles. The van der Waals surface area contributed by atoms with E-state index in [1.165, 1.54) is 0 Å². The highest BCUT2D eigenvalue weighted by Gasteiger charge is 2.71. The molecule has 8 unspecified atom stereocenters. The van der Waals surface area contributed by atoms with E-state index in [2.05, 4.69) is 20.6 Å². The summed E-state index contributed by atoms with van der Waals surface area (Å²) in [5, 5.41) is 41.1. The maximum absolute atomic E-state index is 12.0. The van der Waals surface area contributed by atoms with E-state index in [9.17, 15) is 10.2 Å². The van der Waals surface area contributed by atoms with Crippen molar-refractivity contribution in [2.45, 2.75) is 101 Å². The highest BCUT2D eigenvalue weighted by Crippen LogP contribution is 2.56. The minimum atomic E-state index is -1.57. The predicted molar refractivity (Wildman–Crippen MR) is 104 cm³/mol. The van der Waals surface area contributed by atoms with E-state index in [-0.39, 0.29) is 13.1 Å². The molecule has 2 N–H and O–H groups in total. The summed E-state index contributed by atoms with van der Waals surface area (Å²) in [7, 11) is 0. The Morgan fingerprint density at radius 3 is 1.53 bits per heavy atom. The summed E-state index contributed by atoms with van der Waals surface area (Å²) in [6, 6.07) is 0. The lowest BCUT2D eigenvalue weighted by Gasteiger charge is -2.29. The van der Waals surface area contributed by atoms with Crippen LogP contribution in [0, 0.1) is 0 Å². The molecule has 0 radical (unpaired) electrons. The molecule has 8 heterocycles. The van der Waals surface area contributed by atoms with Crippen molar-refractivity contribution in [3.8, 4) is 11.4 Å². The van der Waals surface area contributed by atoms with Crippen molar-refractivity contribution in [1.29, 1.82) is 0 Å². The SMILES string of the molecule is CC1(C)OC2OC3Cn4nnc(-c5nnn6c5C5(O)C(C6)OC6OC(C)(C)OC65)c4C3(O)C2O1. The highest BCUT2D eigenvalue weighted by atomic mass is 16.8. The van der Waals surface area contributed by atoms with Gasteiger partial charge in [0.25, 0.3) is 0 Å². The first-order valence-corrected chi connectivity index (χ1v) is 11.4. The van der Waals surface area contributed by atoms with Gasteiger partial charge in [-0.1, -0.05) is 10.4 Å². The summed E-state index contributed by atoms with van der Waals surface area (Å²) in [6.07, 6.45) is -4.27. The summed E-state index contributed by atoms with van der Waals surface area (Å²) < 4.78 is 38.9. The molecule has 34 heavy (non-hydrogen) atoms. The zero-order valence-electron chi connectivity index (χ0n) is 18.9. The van der Waals surface area contributed by atoms with Gasteiger partial charge in [0.1, 0.15) is 47.2 Å². The average Bonchev–Trinajstić information content (AvgIpc) is 3.56. The molecule has 4 saturated heterocycles. The molecule has 2 aromatic rings. The molecule has 6 aliphatic heterocycles. The number of nitrogens with zero attached hydrogens (tertiary/aromatic N) is 6. The fourth-order valence-corrected chi connectivity index (χ4v) is 6.40. The number of aliphatic hydroxyl groups is 2. The lowest BCUT2D eigenvalue weighted by molar-refractivity contribution is -0.228.